The van der Waals surface area contributed by atoms with Crippen LogP contribution in [-0.2, 0) is 20.7 Å². The van der Waals surface area contributed by atoms with Gasteiger partial charge in [0.1, 0.15) is 29.2 Å². The first-order valence-electron chi connectivity index (χ1n) is 14.5. The fourth-order valence-electron chi connectivity index (χ4n) is 5.06. The second-order valence-corrected chi connectivity index (χ2v) is 12.1. The molecule has 0 heterocycles. The van der Waals surface area contributed by atoms with Gasteiger partial charge in [0, 0.05) is 18.2 Å². The number of alkyl carbamates (subject to hydrolysis) is 1. The van der Waals surface area contributed by atoms with Gasteiger partial charge in [-0.1, -0.05) is 41.5 Å². The van der Waals surface area contributed by atoms with Crippen molar-refractivity contribution < 1.29 is 29.0 Å². The van der Waals surface area contributed by atoms with Crippen LogP contribution in [0.2, 0.25) is 0 Å². The average Bonchev–Trinajstić information content (AvgIpc) is 3.76. The predicted molar refractivity (Wildman–Crippen MR) is 165 cm³/mol. The number of hydrogen-bond donors (Lipinski definition) is 3. The molecule has 0 aromatic heterocycles. The van der Waals surface area contributed by atoms with Crippen molar-refractivity contribution in [2.24, 2.45) is 0 Å². The maximum atomic E-state index is 14.5. The quantitative estimate of drug-likeness (QED) is 0.275. The highest BCUT2D eigenvalue weighted by Crippen LogP contribution is 2.37. The highest BCUT2D eigenvalue weighted by molar-refractivity contribution is 5.99. The molecule has 3 N–H and O–H groups in total. The zero-order valence-corrected chi connectivity index (χ0v) is 25.6. The van der Waals surface area contributed by atoms with Crippen LogP contribution in [0.15, 0.2) is 66.7 Å². The van der Waals surface area contributed by atoms with Crippen molar-refractivity contribution >= 4 is 23.6 Å². The van der Waals surface area contributed by atoms with Gasteiger partial charge in [0.2, 0.25) is 5.91 Å². The number of carbonyl (C=O) groups is 3. The molecule has 43 heavy (non-hydrogen) atoms. The third-order valence-electron chi connectivity index (χ3n) is 7.00. The molecule has 1 fully saturated rings. The number of amides is 3. The Morgan fingerprint density at radius 2 is 1.56 bits per heavy atom. The van der Waals surface area contributed by atoms with Crippen molar-refractivity contribution in [1.29, 1.82) is 0 Å². The number of ether oxygens (including phenoxy) is 2. The topological polar surface area (TPSA) is 117 Å². The monoisotopic (exact) mass is 587 g/mol. The molecule has 3 aromatic rings. The van der Waals surface area contributed by atoms with Crippen LogP contribution in [-0.4, -0.2) is 52.7 Å². The summed E-state index contributed by atoms with van der Waals surface area (Å²) in [5, 5.41) is 15.5. The van der Waals surface area contributed by atoms with Crippen LogP contribution in [0.25, 0.3) is 0 Å². The molecule has 2 atom stereocenters. The molecule has 2 unspecified atom stereocenters. The Bertz CT molecular complexity index is 1420. The number of phenolic OH excluding ortho intramolecular Hbond substituents is 1. The van der Waals surface area contributed by atoms with E-state index in [0.717, 1.165) is 29.5 Å². The number of nitrogens with zero attached hydrogens (tertiary/aromatic N) is 1. The van der Waals surface area contributed by atoms with E-state index in [2.05, 4.69) is 10.6 Å². The fraction of sp³-hybridized carbons (Fsp3) is 0.382. The summed E-state index contributed by atoms with van der Waals surface area (Å²) in [4.78, 5) is 43.2. The summed E-state index contributed by atoms with van der Waals surface area (Å²) in [6, 6.07) is 17.2. The Morgan fingerprint density at radius 3 is 2.09 bits per heavy atom. The number of carbonyl (C=O) groups excluding carboxylic acids is 3. The summed E-state index contributed by atoms with van der Waals surface area (Å²) >= 11 is 0. The molecular formula is C34H41N3O6. The van der Waals surface area contributed by atoms with Crippen molar-refractivity contribution in [1.82, 2.24) is 10.2 Å². The van der Waals surface area contributed by atoms with Gasteiger partial charge >= 0.3 is 6.09 Å². The van der Waals surface area contributed by atoms with Crippen molar-refractivity contribution in [3.05, 3.63) is 89.0 Å². The number of phenols is 1. The molecule has 0 aliphatic heterocycles. The lowest BCUT2D eigenvalue weighted by atomic mass is 9.97. The maximum Gasteiger partial charge on any atom is 0.408 e. The van der Waals surface area contributed by atoms with Gasteiger partial charge in [0.05, 0.1) is 7.11 Å². The van der Waals surface area contributed by atoms with Crippen LogP contribution in [0.3, 0.4) is 0 Å². The molecular weight excluding hydrogens is 546 g/mol. The van der Waals surface area contributed by atoms with Gasteiger partial charge in [0.25, 0.3) is 5.91 Å². The zero-order chi connectivity index (χ0) is 31.3. The first-order chi connectivity index (χ1) is 20.3. The summed E-state index contributed by atoms with van der Waals surface area (Å²) in [5.74, 6) is -0.00751. The van der Waals surface area contributed by atoms with E-state index >= 15 is 0 Å². The highest BCUT2D eigenvalue weighted by Gasteiger charge is 2.44. The van der Waals surface area contributed by atoms with Crippen LogP contribution in [0.1, 0.15) is 61.9 Å². The third kappa shape index (κ3) is 8.73. The Morgan fingerprint density at radius 1 is 0.953 bits per heavy atom. The van der Waals surface area contributed by atoms with Crippen molar-refractivity contribution in [3.8, 4) is 11.5 Å². The Balaban J connectivity index is 1.73. The Labute approximate surface area is 253 Å². The van der Waals surface area contributed by atoms with Gasteiger partial charge in [-0.15, -0.1) is 0 Å². The number of anilines is 1. The molecule has 1 aliphatic rings. The first-order valence-corrected chi connectivity index (χ1v) is 14.5. The van der Waals surface area contributed by atoms with E-state index in [4.69, 9.17) is 9.47 Å². The van der Waals surface area contributed by atoms with Crippen LogP contribution in [0.5, 0.6) is 11.5 Å². The van der Waals surface area contributed by atoms with Gasteiger partial charge in [-0.3, -0.25) is 9.59 Å². The molecule has 0 saturated heterocycles. The molecule has 3 aromatic carbocycles. The predicted octanol–water partition coefficient (Wildman–Crippen LogP) is 5.82. The molecule has 0 radical (unpaired) electrons. The summed E-state index contributed by atoms with van der Waals surface area (Å²) in [6.07, 6.45) is 0.884. The van der Waals surface area contributed by atoms with Crippen molar-refractivity contribution in [2.45, 2.75) is 77.6 Å². The minimum absolute atomic E-state index is 0.0939. The maximum absolute atomic E-state index is 14.5. The molecule has 0 spiro atoms. The minimum Gasteiger partial charge on any atom is -0.508 e. The van der Waals surface area contributed by atoms with Gasteiger partial charge in [-0.05, 0) is 95.0 Å². The van der Waals surface area contributed by atoms with E-state index in [-0.39, 0.29) is 24.1 Å². The SMILES string of the molecule is COc1ccc(NC(=O)C(c2cc(C)cc(C)c2)N(C(=O)C(Cc2ccc(O)cc2)NC(=O)OC(C)(C)C)C2CC2)cc1. The molecule has 9 nitrogen and oxygen atoms in total. The first kappa shape index (κ1) is 31.4. The minimum atomic E-state index is -1.03. The van der Waals surface area contributed by atoms with Gasteiger partial charge in [0.15, 0.2) is 0 Å². The van der Waals surface area contributed by atoms with Gasteiger partial charge in [-0.2, -0.15) is 0 Å². The van der Waals surface area contributed by atoms with E-state index in [0.29, 0.717) is 17.0 Å². The second kappa shape index (κ2) is 13.2. The molecule has 3 amide bonds. The normalized spacial score (nSPS) is 14.3. The smallest absolute Gasteiger partial charge is 0.408 e. The number of methoxy groups -OCH3 is 1. The highest BCUT2D eigenvalue weighted by atomic mass is 16.6. The molecule has 1 saturated carbocycles. The number of benzene rings is 3. The Hall–Kier alpha value is -4.53. The molecule has 0 bridgehead atoms. The lowest BCUT2D eigenvalue weighted by molar-refractivity contribution is -0.141. The van der Waals surface area contributed by atoms with E-state index in [9.17, 15) is 19.5 Å². The van der Waals surface area contributed by atoms with Crippen LogP contribution in [0.4, 0.5) is 10.5 Å². The number of hydrogen-bond acceptors (Lipinski definition) is 6. The summed E-state index contributed by atoms with van der Waals surface area (Å²) in [6.45, 7) is 9.16. The largest absolute Gasteiger partial charge is 0.508 e. The van der Waals surface area contributed by atoms with E-state index in [1.807, 2.05) is 32.0 Å². The van der Waals surface area contributed by atoms with Crippen LogP contribution in [0, 0.1) is 13.8 Å². The van der Waals surface area contributed by atoms with Gasteiger partial charge < -0.3 is 30.1 Å². The number of nitrogens with one attached hydrogen (secondary N) is 2. The Kier molecular flexibility index (Phi) is 9.63. The van der Waals surface area contributed by atoms with E-state index in [1.54, 1.807) is 69.2 Å². The molecule has 1 aliphatic carbocycles. The molecule has 9 heteroatoms. The standard InChI is InChI=1S/C34H41N3O6/c1-21-17-22(2)19-24(18-21)30(31(39)35-25-9-15-28(42-6)16-10-25)37(26-11-12-26)32(40)29(36-33(41)43-34(3,4)5)20-23-7-13-27(38)14-8-23/h7-10,13-19,26,29-30,38H,11-12,20H2,1-6H3,(H,35,39)(H,36,41). The summed E-state index contributed by atoms with van der Waals surface area (Å²) in [5.41, 5.74) is 3.14. The number of rotatable bonds is 10. The average molecular weight is 588 g/mol. The number of aryl methyl sites for hydroxylation is 2. The summed E-state index contributed by atoms with van der Waals surface area (Å²) in [7, 11) is 1.57. The third-order valence-corrected chi connectivity index (χ3v) is 7.00. The molecule has 228 valence electrons. The van der Waals surface area contributed by atoms with Crippen LogP contribution >= 0.6 is 0 Å². The lowest BCUT2D eigenvalue weighted by Crippen LogP contribution is -2.54. The van der Waals surface area contributed by atoms with Gasteiger partial charge in [-0.25, -0.2) is 4.79 Å². The van der Waals surface area contributed by atoms with E-state index < -0.39 is 29.7 Å². The lowest BCUT2D eigenvalue weighted by Gasteiger charge is -2.35. The number of aromatic hydroxyl groups is 1. The van der Waals surface area contributed by atoms with Crippen molar-refractivity contribution in [3.63, 3.8) is 0 Å². The van der Waals surface area contributed by atoms with Crippen LogP contribution < -0.4 is 15.4 Å². The fourth-order valence-corrected chi connectivity index (χ4v) is 5.06. The van der Waals surface area contributed by atoms with Crippen molar-refractivity contribution in [2.75, 3.05) is 12.4 Å². The second-order valence-electron chi connectivity index (χ2n) is 12.1. The molecule has 4 rings (SSSR count). The van der Waals surface area contributed by atoms with E-state index in [1.165, 1.54) is 12.1 Å². The summed E-state index contributed by atoms with van der Waals surface area (Å²) < 4.78 is 10.7. The zero-order valence-electron chi connectivity index (χ0n) is 25.6.